The molecule has 0 aliphatic carbocycles. The molecule has 0 atom stereocenters. The molecule has 1 aromatic rings. The monoisotopic (exact) mass is 193 g/mol. The van der Waals surface area contributed by atoms with Gasteiger partial charge in [0.05, 0.1) is 0 Å². The molecule has 0 radical (unpaired) electrons. The molecule has 0 aromatic carbocycles. The Labute approximate surface area is 84.1 Å². The lowest BCUT2D eigenvalue weighted by molar-refractivity contribution is 0.101. The molecule has 1 aliphatic heterocycles. The van der Waals surface area contributed by atoms with Gasteiger partial charge in [0.25, 0.3) is 0 Å². The lowest BCUT2D eigenvalue weighted by atomic mass is 10.3. The molecule has 0 spiro atoms. The normalized spacial score (nSPS) is 14.4. The van der Waals surface area contributed by atoms with Crippen molar-refractivity contribution < 1.29 is 9.53 Å². The van der Waals surface area contributed by atoms with Crippen LogP contribution in [0, 0.1) is 0 Å². The number of ether oxygens (including phenoxy) is 1. The number of hydrogen-bond donors (Lipinski definition) is 0. The van der Waals surface area contributed by atoms with Crippen molar-refractivity contribution in [3.8, 4) is 0 Å². The molecule has 0 N–H and O–H groups in total. The number of pyridine rings is 1. The van der Waals surface area contributed by atoms with Gasteiger partial charge in [-0.2, -0.15) is 0 Å². The van der Waals surface area contributed by atoms with E-state index in [2.05, 4.69) is 4.98 Å². The summed E-state index contributed by atoms with van der Waals surface area (Å²) in [7, 11) is 0. The van der Waals surface area contributed by atoms with Crippen LogP contribution in [0.5, 0.6) is 0 Å². The second-order valence-electron chi connectivity index (χ2n) is 3.09. The molecule has 76 valence electrons. The summed E-state index contributed by atoms with van der Waals surface area (Å²) in [5.41, 5.74) is 0.525. The topological polar surface area (TPSA) is 39.2 Å². The molecule has 3 nitrogen and oxygen atoms in total. The summed E-state index contributed by atoms with van der Waals surface area (Å²) in [6.45, 7) is 3.50. The number of ketones is 1. The van der Waals surface area contributed by atoms with Gasteiger partial charge < -0.3 is 4.74 Å². The number of rotatable bonds is 1. The van der Waals surface area contributed by atoms with Crippen LogP contribution in [-0.2, 0) is 4.74 Å². The summed E-state index contributed by atoms with van der Waals surface area (Å²) in [6.07, 6.45) is 4.16. The number of hydrogen-bond acceptors (Lipinski definition) is 3. The molecule has 1 aromatic heterocycles. The zero-order chi connectivity index (χ0) is 10.2. The first kappa shape index (κ1) is 10.9. The van der Waals surface area contributed by atoms with Gasteiger partial charge in [-0.3, -0.25) is 9.78 Å². The minimum atomic E-state index is 0.00981. The first-order valence-corrected chi connectivity index (χ1v) is 4.80. The molecule has 1 fully saturated rings. The molecular formula is C11H15NO2. The van der Waals surface area contributed by atoms with Crippen LogP contribution >= 0.6 is 0 Å². The van der Waals surface area contributed by atoms with E-state index in [0.29, 0.717) is 5.69 Å². The maximum absolute atomic E-state index is 10.6. The van der Waals surface area contributed by atoms with Gasteiger partial charge >= 0.3 is 0 Å². The van der Waals surface area contributed by atoms with Crippen molar-refractivity contribution in [2.45, 2.75) is 19.8 Å². The Kier molecular flexibility index (Phi) is 4.86. The molecule has 3 heteroatoms. The van der Waals surface area contributed by atoms with Crippen molar-refractivity contribution in [3.05, 3.63) is 30.1 Å². The maximum atomic E-state index is 10.6. The summed E-state index contributed by atoms with van der Waals surface area (Å²) in [5, 5.41) is 0. The molecule has 0 saturated carbocycles. The van der Waals surface area contributed by atoms with Gasteiger partial charge in [-0.1, -0.05) is 6.07 Å². The Morgan fingerprint density at radius 1 is 1.36 bits per heavy atom. The van der Waals surface area contributed by atoms with Gasteiger partial charge in [0.2, 0.25) is 0 Å². The van der Waals surface area contributed by atoms with Crippen molar-refractivity contribution in [3.63, 3.8) is 0 Å². The highest BCUT2D eigenvalue weighted by Gasteiger charge is 1.95. The number of aromatic nitrogens is 1. The third kappa shape index (κ3) is 4.14. The fourth-order valence-electron chi connectivity index (χ4n) is 1.08. The summed E-state index contributed by atoms with van der Waals surface area (Å²) < 4.78 is 4.94. The first-order chi connectivity index (χ1) is 6.80. The van der Waals surface area contributed by atoms with Crippen LogP contribution in [-0.4, -0.2) is 24.0 Å². The van der Waals surface area contributed by atoms with Crippen LogP contribution in [0.4, 0.5) is 0 Å². The van der Waals surface area contributed by atoms with Gasteiger partial charge in [-0.25, -0.2) is 0 Å². The van der Waals surface area contributed by atoms with Crippen LogP contribution in [0.3, 0.4) is 0 Å². The van der Waals surface area contributed by atoms with E-state index in [4.69, 9.17) is 4.74 Å². The van der Waals surface area contributed by atoms with Crippen molar-refractivity contribution in [2.75, 3.05) is 13.2 Å². The first-order valence-electron chi connectivity index (χ1n) is 4.80. The zero-order valence-electron chi connectivity index (χ0n) is 8.40. The highest BCUT2D eigenvalue weighted by Crippen LogP contribution is 1.98. The van der Waals surface area contributed by atoms with Crippen LogP contribution < -0.4 is 0 Å². The number of carbonyl (C=O) groups is 1. The second kappa shape index (κ2) is 6.27. The smallest absolute Gasteiger partial charge is 0.178 e. The van der Waals surface area contributed by atoms with Gasteiger partial charge in [-0.15, -0.1) is 0 Å². The van der Waals surface area contributed by atoms with E-state index >= 15 is 0 Å². The molecular weight excluding hydrogens is 178 g/mol. The Balaban J connectivity index is 0.000000165. The quantitative estimate of drug-likeness (QED) is 0.641. The van der Waals surface area contributed by atoms with E-state index in [1.165, 1.54) is 19.8 Å². The maximum Gasteiger partial charge on any atom is 0.178 e. The number of carbonyl (C=O) groups excluding carboxylic acids is 1. The molecule has 1 aliphatic rings. The Bertz CT molecular complexity index is 260. The van der Waals surface area contributed by atoms with Crippen LogP contribution in [0.25, 0.3) is 0 Å². The van der Waals surface area contributed by atoms with Crippen molar-refractivity contribution in [1.29, 1.82) is 0 Å². The fraction of sp³-hybridized carbons (Fsp3) is 0.455. The Morgan fingerprint density at radius 2 is 2.07 bits per heavy atom. The van der Waals surface area contributed by atoms with Gasteiger partial charge in [-0.05, 0) is 25.0 Å². The molecule has 2 rings (SSSR count). The summed E-state index contributed by atoms with van der Waals surface area (Å²) in [5.74, 6) is 0.00981. The molecule has 0 unspecified atom stereocenters. The van der Waals surface area contributed by atoms with E-state index in [1.54, 1.807) is 24.4 Å². The van der Waals surface area contributed by atoms with Gasteiger partial charge in [0.1, 0.15) is 5.69 Å². The standard InChI is InChI=1S/C7H7NO.C4H8O/c1-6(9)7-4-2-3-5-8-7;1-2-4-5-3-1/h2-5H,1H3;1-4H2. The summed E-state index contributed by atoms with van der Waals surface area (Å²) in [6, 6.07) is 5.28. The van der Waals surface area contributed by atoms with Crippen LogP contribution in [0.1, 0.15) is 30.3 Å². The van der Waals surface area contributed by atoms with Crippen molar-refractivity contribution in [2.24, 2.45) is 0 Å². The minimum Gasteiger partial charge on any atom is -0.381 e. The highest BCUT2D eigenvalue weighted by molar-refractivity contribution is 5.91. The van der Waals surface area contributed by atoms with E-state index in [-0.39, 0.29) is 5.78 Å². The summed E-state index contributed by atoms with van der Waals surface area (Å²) in [4.78, 5) is 14.4. The lowest BCUT2D eigenvalue weighted by Gasteiger charge is -1.88. The second-order valence-corrected chi connectivity index (χ2v) is 3.09. The predicted octanol–water partition coefficient (Wildman–Crippen LogP) is 2.08. The molecule has 0 amide bonds. The van der Waals surface area contributed by atoms with Gasteiger partial charge in [0, 0.05) is 26.3 Å². The molecule has 0 bridgehead atoms. The van der Waals surface area contributed by atoms with Crippen molar-refractivity contribution in [1.82, 2.24) is 4.98 Å². The third-order valence-electron chi connectivity index (χ3n) is 1.85. The zero-order valence-corrected chi connectivity index (χ0v) is 8.40. The van der Waals surface area contributed by atoms with Crippen LogP contribution in [0.2, 0.25) is 0 Å². The fourth-order valence-corrected chi connectivity index (χ4v) is 1.08. The predicted molar refractivity (Wildman–Crippen MR) is 54.3 cm³/mol. The Morgan fingerprint density at radius 3 is 2.36 bits per heavy atom. The van der Waals surface area contributed by atoms with E-state index in [9.17, 15) is 4.79 Å². The van der Waals surface area contributed by atoms with Gasteiger partial charge in [0.15, 0.2) is 5.78 Å². The largest absolute Gasteiger partial charge is 0.381 e. The number of Topliss-reactive ketones (excluding diaryl/α,β-unsaturated/α-hetero) is 1. The molecule has 14 heavy (non-hydrogen) atoms. The van der Waals surface area contributed by atoms with E-state index in [0.717, 1.165) is 13.2 Å². The highest BCUT2D eigenvalue weighted by atomic mass is 16.5. The molecule has 1 saturated heterocycles. The molecule has 2 heterocycles. The van der Waals surface area contributed by atoms with E-state index < -0.39 is 0 Å². The minimum absolute atomic E-state index is 0.00981. The van der Waals surface area contributed by atoms with E-state index in [1.807, 2.05) is 0 Å². The summed E-state index contributed by atoms with van der Waals surface area (Å²) >= 11 is 0. The lowest BCUT2D eigenvalue weighted by Crippen LogP contribution is -1.93. The average Bonchev–Trinajstić information content (AvgIpc) is 2.77. The SMILES string of the molecule is C1CCOC1.CC(=O)c1ccccn1. The Hall–Kier alpha value is -1.22. The average molecular weight is 193 g/mol. The van der Waals surface area contributed by atoms with Crippen molar-refractivity contribution >= 4 is 5.78 Å². The number of nitrogens with zero attached hydrogens (tertiary/aromatic N) is 1. The van der Waals surface area contributed by atoms with Crippen LogP contribution in [0.15, 0.2) is 24.4 Å². The third-order valence-corrected chi connectivity index (χ3v) is 1.85.